The molecule has 1 aromatic carbocycles. The van der Waals surface area contributed by atoms with Gasteiger partial charge in [-0.25, -0.2) is 4.68 Å². The van der Waals surface area contributed by atoms with Crippen molar-refractivity contribution in [2.45, 2.75) is 57.2 Å². The van der Waals surface area contributed by atoms with Crippen molar-refractivity contribution in [3.63, 3.8) is 0 Å². The summed E-state index contributed by atoms with van der Waals surface area (Å²) in [5, 5.41) is 17.7. The molecule has 7 heteroatoms. The molecule has 0 unspecified atom stereocenters. The summed E-state index contributed by atoms with van der Waals surface area (Å²) in [5.74, 6) is 8.33. The average Bonchev–Trinajstić information content (AvgIpc) is 2.92. The Labute approximate surface area is 153 Å². The van der Waals surface area contributed by atoms with Crippen molar-refractivity contribution < 1.29 is 9.84 Å². The molecule has 3 N–H and O–H groups in total. The number of aliphatic hydroxyl groups is 1. The second-order valence-electron chi connectivity index (χ2n) is 6.96. The van der Waals surface area contributed by atoms with E-state index >= 15 is 0 Å². The van der Waals surface area contributed by atoms with Gasteiger partial charge in [0, 0.05) is 12.4 Å². The van der Waals surface area contributed by atoms with Crippen LogP contribution in [-0.4, -0.2) is 32.3 Å². The molecule has 0 bridgehead atoms. The highest BCUT2D eigenvalue weighted by Crippen LogP contribution is 2.24. The lowest BCUT2D eigenvalue weighted by atomic mass is 9.87. The van der Waals surface area contributed by atoms with Crippen molar-refractivity contribution in [3.8, 4) is 5.75 Å². The average molecular weight is 365 g/mol. The van der Waals surface area contributed by atoms with Crippen LogP contribution in [0.4, 0.5) is 0 Å². The number of nitrogen functional groups attached to an aromatic ring is 1. The van der Waals surface area contributed by atoms with Gasteiger partial charge in [-0.15, -0.1) is 10.2 Å². The number of nitrogens with two attached hydrogens (primary N) is 1. The maximum absolute atomic E-state index is 8.77. The maximum atomic E-state index is 8.77. The van der Waals surface area contributed by atoms with Crippen molar-refractivity contribution in [3.05, 3.63) is 35.7 Å². The van der Waals surface area contributed by atoms with E-state index < -0.39 is 0 Å². The predicted molar refractivity (Wildman–Crippen MR) is 101 cm³/mol. The van der Waals surface area contributed by atoms with E-state index in [0.717, 1.165) is 30.8 Å². The first kappa shape index (κ1) is 19.6. The summed E-state index contributed by atoms with van der Waals surface area (Å²) < 4.78 is 7.26. The van der Waals surface area contributed by atoms with E-state index in [0.29, 0.717) is 11.0 Å². The van der Waals surface area contributed by atoms with Crippen LogP contribution < -0.4 is 10.6 Å². The lowest BCUT2D eigenvalue weighted by molar-refractivity contribution is 0.284. The molecule has 6 nitrogen and oxygen atoms in total. The number of ether oxygens (including phenoxy) is 1. The van der Waals surface area contributed by atoms with Crippen LogP contribution in [0.2, 0.25) is 0 Å². The molecule has 0 saturated heterocycles. The van der Waals surface area contributed by atoms with Gasteiger partial charge in [0.25, 0.3) is 0 Å². The zero-order valence-corrected chi connectivity index (χ0v) is 16.1. The summed E-state index contributed by atoms with van der Waals surface area (Å²) in [6.07, 6.45) is 2.86. The number of unbranched alkanes of at least 4 members (excludes halogenated alkanes) is 2. The van der Waals surface area contributed by atoms with Gasteiger partial charge < -0.3 is 15.7 Å². The summed E-state index contributed by atoms with van der Waals surface area (Å²) in [6.45, 7) is 7.08. The predicted octanol–water partition coefficient (Wildman–Crippen LogP) is 3.12. The molecule has 138 valence electrons. The molecule has 1 heterocycles. The minimum Gasteiger partial charge on any atom is -0.486 e. The Morgan fingerprint density at radius 3 is 2.48 bits per heavy atom. The minimum atomic E-state index is 0.124. The van der Waals surface area contributed by atoms with Gasteiger partial charge >= 0.3 is 0 Å². The Bertz CT molecular complexity index is 650. The first-order valence-electron chi connectivity index (χ1n) is 8.58. The van der Waals surface area contributed by atoms with Crippen LogP contribution >= 0.6 is 11.8 Å². The van der Waals surface area contributed by atoms with Crippen LogP contribution in [0.5, 0.6) is 5.75 Å². The Kier molecular flexibility index (Phi) is 7.13. The number of nitrogens with zero attached hydrogens (tertiary/aromatic N) is 3. The van der Waals surface area contributed by atoms with Gasteiger partial charge in [-0.3, -0.25) is 0 Å². The molecular weight excluding hydrogens is 336 g/mol. The van der Waals surface area contributed by atoms with E-state index in [1.54, 1.807) is 11.8 Å². The third-order valence-corrected chi connectivity index (χ3v) is 4.89. The fraction of sp³-hybridized carbons (Fsp3) is 0.556. The molecule has 0 fully saturated rings. The largest absolute Gasteiger partial charge is 0.486 e. The lowest BCUT2D eigenvalue weighted by Gasteiger charge is -2.19. The van der Waals surface area contributed by atoms with Crippen molar-refractivity contribution in [2.75, 3.05) is 18.2 Å². The van der Waals surface area contributed by atoms with Crippen LogP contribution in [0.3, 0.4) is 0 Å². The number of hydrogen-bond donors (Lipinski definition) is 2. The molecule has 0 amide bonds. The van der Waals surface area contributed by atoms with Gasteiger partial charge in [-0.1, -0.05) is 51.1 Å². The zero-order chi connectivity index (χ0) is 18.3. The molecule has 2 aromatic rings. The van der Waals surface area contributed by atoms with Crippen LogP contribution in [0.15, 0.2) is 29.4 Å². The van der Waals surface area contributed by atoms with Crippen LogP contribution in [-0.2, 0) is 12.0 Å². The summed E-state index contributed by atoms with van der Waals surface area (Å²) in [6, 6.07) is 8.09. The molecule has 0 aliphatic rings. The van der Waals surface area contributed by atoms with E-state index in [1.807, 2.05) is 12.1 Å². The zero-order valence-electron chi connectivity index (χ0n) is 15.2. The Hall–Kier alpha value is -1.73. The molecule has 0 atom stereocenters. The van der Waals surface area contributed by atoms with E-state index in [9.17, 15) is 0 Å². The molecule has 0 radical (unpaired) electrons. The van der Waals surface area contributed by atoms with Crippen LogP contribution in [0.25, 0.3) is 0 Å². The molecule has 25 heavy (non-hydrogen) atoms. The monoisotopic (exact) mass is 364 g/mol. The number of benzene rings is 1. The first-order valence-corrected chi connectivity index (χ1v) is 9.56. The van der Waals surface area contributed by atoms with Crippen LogP contribution in [0, 0.1) is 0 Å². The van der Waals surface area contributed by atoms with Gasteiger partial charge in [-0.2, -0.15) is 0 Å². The van der Waals surface area contributed by atoms with Gasteiger partial charge in [-0.05, 0) is 36.0 Å². The quantitative estimate of drug-likeness (QED) is 0.404. The second kappa shape index (κ2) is 9.10. The number of hydrogen-bond acceptors (Lipinski definition) is 6. The first-order chi connectivity index (χ1) is 11.9. The van der Waals surface area contributed by atoms with E-state index in [-0.39, 0.29) is 18.6 Å². The molecule has 2 rings (SSSR count). The van der Waals surface area contributed by atoms with Crippen molar-refractivity contribution in [1.29, 1.82) is 0 Å². The fourth-order valence-corrected chi connectivity index (χ4v) is 3.13. The topological polar surface area (TPSA) is 86.2 Å². The van der Waals surface area contributed by atoms with E-state index in [1.165, 1.54) is 10.2 Å². The molecule has 0 aliphatic carbocycles. The van der Waals surface area contributed by atoms with Crippen molar-refractivity contribution >= 4 is 11.8 Å². The molecule has 0 aliphatic heterocycles. The fourth-order valence-electron chi connectivity index (χ4n) is 2.26. The smallest absolute Gasteiger partial charge is 0.209 e. The SMILES string of the molecule is CC(C)(C)c1ccc(OCc2nnc(SCCCCCO)n2N)cc1. The van der Waals surface area contributed by atoms with Gasteiger partial charge in [0.05, 0.1) is 0 Å². The normalized spacial score (nSPS) is 11.7. The Balaban J connectivity index is 1.85. The van der Waals surface area contributed by atoms with Crippen LogP contribution in [0.1, 0.15) is 51.4 Å². The highest BCUT2D eigenvalue weighted by molar-refractivity contribution is 7.99. The van der Waals surface area contributed by atoms with Gasteiger partial charge in [0.15, 0.2) is 5.82 Å². The Morgan fingerprint density at radius 1 is 1.12 bits per heavy atom. The highest BCUT2D eigenvalue weighted by atomic mass is 32.2. The van der Waals surface area contributed by atoms with Gasteiger partial charge in [0.1, 0.15) is 12.4 Å². The standard InChI is InChI=1S/C18H28N4O2S/c1-18(2,3)14-7-9-15(10-8-14)24-13-16-20-21-17(22(16)19)25-12-6-4-5-11-23/h7-10,23H,4-6,11-13,19H2,1-3H3. The lowest BCUT2D eigenvalue weighted by Crippen LogP contribution is -2.16. The molecule has 1 aromatic heterocycles. The van der Waals surface area contributed by atoms with E-state index in [4.69, 9.17) is 15.7 Å². The van der Waals surface area contributed by atoms with Gasteiger partial charge in [0.2, 0.25) is 5.16 Å². The second-order valence-corrected chi connectivity index (χ2v) is 8.03. The molecule has 0 spiro atoms. The summed E-state index contributed by atoms with van der Waals surface area (Å²) in [7, 11) is 0. The Morgan fingerprint density at radius 2 is 1.84 bits per heavy atom. The van der Waals surface area contributed by atoms with Crippen molar-refractivity contribution in [1.82, 2.24) is 14.9 Å². The van der Waals surface area contributed by atoms with E-state index in [2.05, 4.69) is 43.1 Å². The molecule has 0 saturated carbocycles. The maximum Gasteiger partial charge on any atom is 0.209 e. The minimum absolute atomic E-state index is 0.124. The number of thioether (sulfide) groups is 1. The highest BCUT2D eigenvalue weighted by Gasteiger charge is 2.14. The number of aliphatic hydroxyl groups excluding tert-OH is 1. The third kappa shape index (κ3) is 5.93. The van der Waals surface area contributed by atoms with Crippen molar-refractivity contribution in [2.24, 2.45) is 0 Å². The number of rotatable bonds is 9. The third-order valence-electron chi connectivity index (χ3n) is 3.86. The summed E-state index contributed by atoms with van der Waals surface area (Å²) in [4.78, 5) is 0. The molecular formula is C18H28N4O2S. The summed E-state index contributed by atoms with van der Waals surface area (Å²) in [5.41, 5.74) is 1.39. The number of aromatic nitrogens is 3. The summed E-state index contributed by atoms with van der Waals surface area (Å²) >= 11 is 1.57.